The molecule has 2 atom stereocenters. The number of hydrogen-bond acceptors (Lipinski definition) is 3. The third kappa shape index (κ3) is 2.86. The smallest absolute Gasteiger partial charge is 0.320 e. The molecule has 0 unspecified atom stereocenters. The molecule has 11 heavy (non-hydrogen) atoms. The molecule has 0 fully saturated rings. The molecule has 0 aliphatic rings. The third-order valence-electron chi connectivity index (χ3n) is 1.94. The number of aliphatic hydroxyl groups is 1. The zero-order valence-corrected chi connectivity index (χ0v) is 7.03. The average Bonchev–Trinajstić information content (AvgIpc) is 1.82. The minimum Gasteiger partial charge on any atom is -0.480 e. The van der Waals surface area contributed by atoms with E-state index in [0.29, 0.717) is 0 Å². The van der Waals surface area contributed by atoms with Crippen molar-refractivity contribution in [2.24, 2.45) is 11.7 Å². The van der Waals surface area contributed by atoms with Crippen molar-refractivity contribution >= 4 is 5.97 Å². The molecule has 0 spiro atoms. The van der Waals surface area contributed by atoms with E-state index in [1.54, 1.807) is 20.8 Å². The lowest BCUT2D eigenvalue weighted by Gasteiger charge is -2.28. The molecule has 0 radical (unpaired) electrons. The molecule has 0 aromatic heterocycles. The van der Waals surface area contributed by atoms with Crippen molar-refractivity contribution in [1.82, 2.24) is 0 Å². The van der Waals surface area contributed by atoms with E-state index in [2.05, 4.69) is 0 Å². The van der Waals surface area contributed by atoms with E-state index in [9.17, 15) is 9.90 Å². The standard InChI is InChI=1S/C7H15NO3/c1-4(7(2,3)11)5(8)6(9)10/h4-5,11H,8H2,1-3H3,(H,9,10)/t4-,5+/m1/s1. The lowest BCUT2D eigenvalue weighted by atomic mass is 9.87. The van der Waals surface area contributed by atoms with Gasteiger partial charge in [-0.2, -0.15) is 0 Å². The number of nitrogens with two attached hydrogens (primary N) is 1. The molecule has 0 aliphatic heterocycles. The van der Waals surface area contributed by atoms with Crippen molar-refractivity contribution in [1.29, 1.82) is 0 Å². The third-order valence-corrected chi connectivity index (χ3v) is 1.94. The van der Waals surface area contributed by atoms with Gasteiger partial charge in [-0.3, -0.25) is 4.79 Å². The average molecular weight is 161 g/mol. The first-order valence-corrected chi connectivity index (χ1v) is 3.47. The normalized spacial score (nSPS) is 17.5. The Labute approximate surface area is 66.0 Å². The van der Waals surface area contributed by atoms with Crippen LogP contribution >= 0.6 is 0 Å². The Morgan fingerprint density at radius 1 is 1.55 bits per heavy atom. The zero-order chi connectivity index (χ0) is 9.23. The maximum Gasteiger partial charge on any atom is 0.320 e. The SMILES string of the molecule is C[C@H]([C@H](N)C(=O)O)C(C)(C)O. The summed E-state index contributed by atoms with van der Waals surface area (Å²) in [4.78, 5) is 10.4. The summed E-state index contributed by atoms with van der Waals surface area (Å²) in [6.45, 7) is 4.69. The Kier molecular flexibility index (Phi) is 3.02. The van der Waals surface area contributed by atoms with Crippen molar-refractivity contribution in [2.75, 3.05) is 0 Å². The number of aliphatic carboxylic acids is 1. The van der Waals surface area contributed by atoms with Crippen LogP contribution in [-0.4, -0.2) is 27.8 Å². The molecule has 0 bridgehead atoms. The molecule has 0 rings (SSSR count). The highest BCUT2D eigenvalue weighted by atomic mass is 16.4. The summed E-state index contributed by atoms with van der Waals surface area (Å²) < 4.78 is 0. The topological polar surface area (TPSA) is 83.6 Å². The van der Waals surface area contributed by atoms with Gasteiger partial charge in [0.25, 0.3) is 0 Å². The van der Waals surface area contributed by atoms with Crippen LogP contribution in [0.3, 0.4) is 0 Å². The molecular weight excluding hydrogens is 146 g/mol. The summed E-state index contributed by atoms with van der Waals surface area (Å²) in [7, 11) is 0. The van der Waals surface area contributed by atoms with E-state index >= 15 is 0 Å². The molecule has 0 aliphatic carbocycles. The van der Waals surface area contributed by atoms with Crippen LogP contribution in [0.5, 0.6) is 0 Å². The van der Waals surface area contributed by atoms with Crippen LogP contribution in [-0.2, 0) is 4.79 Å². The highest BCUT2D eigenvalue weighted by Crippen LogP contribution is 2.18. The molecular formula is C7H15NO3. The van der Waals surface area contributed by atoms with Gasteiger partial charge in [-0.25, -0.2) is 0 Å². The van der Waals surface area contributed by atoms with E-state index in [1.807, 2.05) is 0 Å². The predicted octanol–water partition coefficient (Wildman–Crippen LogP) is -0.195. The summed E-state index contributed by atoms with van der Waals surface area (Å²) in [6.07, 6.45) is 0. The molecule has 0 amide bonds. The van der Waals surface area contributed by atoms with E-state index in [4.69, 9.17) is 10.8 Å². The molecule has 4 N–H and O–H groups in total. The van der Waals surface area contributed by atoms with Crippen LogP contribution in [0.4, 0.5) is 0 Å². The fraction of sp³-hybridized carbons (Fsp3) is 0.857. The zero-order valence-electron chi connectivity index (χ0n) is 7.03. The second-order valence-electron chi connectivity index (χ2n) is 3.31. The fourth-order valence-corrected chi connectivity index (χ4v) is 0.653. The van der Waals surface area contributed by atoms with Gasteiger partial charge in [0, 0.05) is 5.92 Å². The van der Waals surface area contributed by atoms with Crippen molar-refractivity contribution < 1.29 is 15.0 Å². The largest absolute Gasteiger partial charge is 0.480 e. The second kappa shape index (κ2) is 3.19. The summed E-state index contributed by atoms with van der Waals surface area (Å²) >= 11 is 0. The van der Waals surface area contributed by atoms with Crippen molar-refractivity contribution in [3.8, 4) is 0 Å². The Morgan fingerprint density at radius 2 is 1.91 bits per heavy atom. The van der Waals surface area contributed by atoms with Gasteiger partial charge in [0.2, 0.25) is 0 Å². The summed E-state index contributed by atoms with van der Waals surface area (Å²) in [5, 5.41) is 17.8. The minimum atomic E-state index is -1.08. The van der Waals surface area contributed by atoms with Gasteiger partial charge in [-0.1, -0.05) is 6.92 Å². The summed E-state index contributed by atoms with van der Waals surface area (Å²) in [5.74, 6) is -1.54. The van der Waals surface area contributed by atoms with E-state index < -0.39 is 23.5 Å². The van der Waals surface area contributed by atoms with Gasteiger partial charge in [-0.05, 0) is 13.8 Å². The van der Waals surface area contributed by atoms with Crippen LogP contribution in [0.15, 0.2) is 0 Å². The molecule has 0 heterocycles. The van der Waals surface area contributed by atoms with Crippen LogP contribution in [0, 0.1) is 5.92 Å². The number of carboxylic acid groups (broad SMARTS) is 1. The maximum atomic E-state index is 10.4. The predicted molar refractivity (Wildman–Crippen MR) is 41.1 cm³/mol. The van der Waals surface area contributed by atoms with E-state index in [-0.39, 0.29) is 0 Å². The van der Waals surface area contributed by atoms with Crippen LogP contribution in [0.1, 0.15) is 20.8 Å². The lowest BCUT2D eigenvalue weighted by Crippen LogP contribution is -2.46. The monoisotopic (exact) mass is 161 g/mol. The highest BCUT2D eigenvalue weighted by Gasteiger charge is 2.31. The Morgan fingerprint density at radius 3 is 2.00 bits per heavy atom. The van der Waals surface area contributed by atoms with Gasteiger partial charge in [0.05, 0.1) is 5.60 Å². The van der Waals surface area contributed by atoms with Crippen LogP contribution < -0.4 is 5.73 Å². The molecule has 66 valence electrons. The maximum absolute atomic E-state index is 10.4. The van der Waals surface area contributed by atoms with Crippen LogP contribution in [0.2, 0.25) is 0 Å². The van der Waals surface area contributed by atoms with E-state index in [0.717, 1.165) is 0 Å². The lowest BCUT2D eigenvalue weighted by molar-refractivity contribution is -0.142. The highest BCUT2D eigenvalue weighted by molar-refractivity contribution is 5.73. The Balaban J connectivity index is 4.25. The molecule has 0 saturated carbocycles. The fourth-order valence-electron chi connectivity index (χ4n) is 0.653. The first-order chi connectivity index (χ1) is 4.76. The molecule has 4 nitrogen and oxygen atoms in total. The second-order valence-corrected chi connectivity index (χ2v) is 3.31. The van der Waals surface area contributed by atoms with Gasteiger partial charge < -0.3 is 15.9 Å². The van der Waals surface area contributed by atoms with Gasteiger partial charge in [0.1, 0.15) is 6.04 Å². The van der Waals surface area contributed by atoms with E-state index in [1.165, 1.54) is 0 Å². The number of carboxylic acids is 1. The van der Waals surface area contributed by atoms with Gasteiger partial charge in [-0.15, -0.1) is 0 Å². The minimum absolute atomic E-state index is 0.458. The first-order valence-electron chi connectivity index (χ1n) is 3.47. The Hall–Kier alpha value is -0.610. The summed E-state index contributed by atoms with van der Waals surface area (Å²) in [6, 6.07) is -1.00. The summed E-state index contributed by atoms with van der Waals surface area (Å²) in [5.41, 5.74) is 4.24. The van der Waals surface area contributed by atoms with Crippen molar-refractivity contribution in [3.63, 3.8) is 0 Å². The van der Waals surface area contributed by atoms with Gasteiger partial charge in [0.15, 0.2) is 0 Å². The number of carbonyl (C=O) groups is 1. The molecule has 0 saturated heterocycles. The van der Waals surface area contributed by atoms with Gasteiger partial charge >= 0.3 is 5.97 Å². The molecule has 0 aromatic carbocycles. The first kappa shape index (κ1) is 10.4. The number of rotatable bonds is 3. The molecule has 0 aromatic rings. The van der Waals surface area contributed by atoms with Crippen LogP contribution in [0.25, 0.3) is 0 Å². The quantitative estimate of drug-likeness (QED) is 0.535. The van der Waals surface area contributed by atoms with Crippen molar-refractivity contribution in [2.45, 2.75) is 32.4 Å². The molecule has 4 heteroatoms. The number of hydrogen-bond donors (Lipinski definition) is 3. The van der Waals surface area contributed by atoms with Crippen molar-refractivity contribution in [3.05, 3.63) is 0 Å². The Bertz CT molecular complexity index is 150.